The second kappa shape index (κ2) is 3.35. The first-order valence-corrected chi connectivity index (χ1v) is 5.00. The zero-order valence-corrected chi connectivity index (χ0v) is 8.27. The van der Waals surface area contributed by atoms with Crippen LogP contribution in [0.5, 0.6) is 0 Å². The van der Waals surface area contributed by atoms with E-state index < -0.39 is 5.60 Å². The first-order valence-electron chi connectivity index (χ1n) is 5.00. The van der Waals surface area contributed by atoms with Gasteiger partial charge in [-0.3, -0.25) is 0 Å². The van der Waals surface area contributed by atoms with Crippen molar-refractivity contribution in [2.75, 3.05) is 6.54 Å². The van der Waals surface area contributed by atoms with E-state index in [-0.39, 0.29) is 5.41 Å². The van der Waals surface area contributed by atoms with Gasteiger partial charge in [0.15, 0.2) is 0 Å². The van der Waals surface area contributed by atoms with Crippen molar-refractivity contribution in [3.63, 3.8) is 0 Å². The van der Waals surface area contributed by atoms with Gasteiger partial charge in [-0.15, -0.1) is 0 Å². The van der Waals surface area contributed by atoms with Crippen molar-refractivity contribution in [3.8, 4) is 0 Å². The predicted molar refractivity (Wildman–Crippen MR) is 50.9 cm³/mol. The molecular formula is C10H21NO. The van der Waals surface area contributed by atoms with E-state index in [1.165, 1.54) is 0 Å². The molecule has 0 spiro atoms. The number of rotatable bonds is 3. The zero-order valence-electron chi connectivity index (χ0n) is 8.27. The maximum absolute atomic E-state index is 10.3. The molecule has 0 heterocycles. The third-order valence-electron chi connectivity index (χ3n) is 3.79. The summed E-state index contributed by atoms with van der Waals surface area (Å²) < 4.78 is 0. The quantitative estimate of drug-likeness (QED) is 0.678. The van der Waals surface area contributed by atoms with Gasteiger partial charge in [0, 0.05) is 12.0 Å². The molecule has 0 radical (unpaired) electrons. The summed E-state index contributed by atoms with van der Waals surface area (Å²) in [5, 5.41) is 10.3. The molecular weight excluding hydrogens is 150 g/mol. The molecule has 1 unspecified atom stereocenters. The minimum atomic E-state index is -0.476. The summed E-state index contributed by atoms with van der Waals surface area (Å²) in [5.41, 5.74) is 5.18. The van der Waals surface area contributed by atoms with Crippen molar-refractivity contribution in [2.24, 2.45) is 11.1 Å². The Morgan fingerprint density at radius 3 is 2.25 bits per heavy atom. The Labute approximate surface area is 75.2 Å². The van der Waals surface area contributed by atoms with Gasteiger partial charge in [0.05, 0.1) is 5.60 Å². The second-order valence-electron chi connectivity index (χ2n) is 4.36. The predicted octanol–water partition coefficient (Wildman–Crippen LogP) is 1.67. The van der Waals surface area contributed by atoms with Crippen molar-refractivity contribution in [1.82, 2.24) is 0 Å². The normalized spacial score (nSPS) is 27.0. The van der Waals surface area contributed by atoms with Crippen molar-refractivity contribution < 1.29 is 5.11 Å². The van der Waals surface area contributed by atoms with Crippen LogP contribution in [0.4, 0.5) is 0 Å². The Kier molecular flexibility index (Phi) is 2.79. The van der Waals surface area contributed by atoms with E-state index in [2.05, 4.69) is 13.8 Å². The lowest BCUT2D eigenvalue weighted by Gasteiger charge is -2.41. The Bertz CT molecular complexity index is 144. The molecule has 2 heteroatoms. The molecule has 72 valence electrons. The molecule has 1 rings (SSSR count). The van der Waals surface area contributed by atoms with Gasteiger partial charge in [0.1, 0.15) is 0 Å². The Morgan fingerprint density at radius 1 is 1.42 bits per heavy atom. The number of aliphatic hydroxyl groups is 1. The summed E-state index contributed by atoms with van der Waals surface area (Å²) in [6.45, 7) is 4.82. The molecule has 1 atom stereocenters. The van der Waals surface area contributed by atoms with Gasteiger partial charge in [0.25, 0.3) is 0 Å². The molecule has 1 fully saturated rings. The Morgan fingerprint density at radius 2 is 1.92 bits per heavy atom. The fraction of sp³-hybridized carbons (Fsp3) is 1.00. The SMILES string of the molecule is CCC(C)(CN)C1(O)CCCC1. The van der Waals surface area contributed by atoms with E-state index in [4.69, 9.17) is 5.73 Å². The van der Waals surface area contributed by atoms with Gasteiger partial charge >= 0.3 is 0 Å². The Balaban J connectivity index is 2.75. The van der Waals surface area contributed by atoms with E-state index in [1.807, 2.05) is 0 Å². The molecule has 3 N–H and O–H groups in total. The minimum absolute atomic E-state index is 0.0660. The average Bonchev–Trinajstić information content (AvgIpc) is 2.52. The molecule has 0 amide bonds. The maximum atomic E-state index is 10.3. The standard InChI is InChI=1S/C10H21NO/c1-3-9(2,8-11)10(12)6-4-5-7-10/h12H,3-8,11H2,1-2H3. The lowest BCUT2D eigenvalue weighted by Crippen LogP contribution is -2.48. The highest BCUT2D eigenvalue weighted by Gasteiger charge is 2.46. The van der Waals surface area contributed by atoms with Gasteiger partial charge < -0.3 is 10.8 Å². The highest BCUT2D eigenvalue weighted by Crippen LogP contribution is 2.44. The molecule has 1 aliphatic rings. The third-order valence-corrected chi connectivity index (χ3v) is 3.79. The maximum Gasteiger partial charge on any atom is 0.0713 e. The topological polar surface area (TPSA) is 46.2 Å². The summed E-state index contributed by atoms with van der Waals surface area (Å²) in [7, 11) is 0. The Hall–Kier alpha value is -0.0800. The molecule has 0 aromatic carbocycles. The fourth-order valence-electron chi connectivity index (χ4n) is 2.23. The molecule has 0 bridgehead atoms. The number of nitrogens with two attached hydrogens (primary N) is 1. The van der Waals surface area contributed by atoms with Crippen molar-refractivity contribution in [2.45, 2.75) is 51.6 Å². The summed E-state index contributed by atoms with van der Waals surface area (Å²) in [6, 6.07) is 0. The number of hydrogen-bond donors (Lipinski definition) is 2. The molecule has 0 aliphatic heterocycles. The summed E-state index contributed by atoms with van der Waals surface area (Å²) >= 11 is 0. The van der Waals surface area contributed by atoms with E-state index >= 15 is 0 Å². The first kappa shape index (κ1) is 10.0. The van der Waals surface area contributed by atoms with Crippen molar-refractivity contribution in [1.29, 1.82) is 0 Å². The van der Waals surface area contributed by atoms with Crippen LogP contribution in [0.3, 0.4) is 0 Å². The number of hydrogen-bond acceptors (Lipinski definition) is 2. The van der Waals surface area contributed by atoms with Crippen LogP contribution < -0.4 is 5.73 Å². The van der Waals surface area contributed by atoms with E-state index in [9.17, 15) is 5.11 Å². The zero-order chi connectivity index (χ0) is 9.24. The highest BCUT2D eigenvalue weighted by molar-refractivity contribution is 4.98. The molecule has 1 aliphatic carbocycles. The van der Waals surface area contributed by atoms with Crippen molar-refractivity contribution in [3.05, 3.63) is 0 Å². The summed E-state index contributed by atoms with van der Waals surface area (Å²) in [6.07, 6.45) is 5.17. The second-order valence-corrected chi connectivity index (χ2v) is 4.36. The van der Waals surface area contributed by atoms with Crippen LogP contribution in [0.25, 0.3) is 0 Å². The van der Waals surface area contributed by atoms with Crippen LogP contribution in [0.1, 0.15) is 46.0 Å². The average molecular weight is 171 g/mol. The summed E-state index contributed by atoms with van der Waals surface area (Å²) in [4.78, 5) is 0. The van der Waals surface area contributed by atoms with Gasteiger partial charge in [-0.1, -0.05) is 26.7 Å². The minimum Gasteiger partial charge on any atom is -0.389 e. The van der Waals surface area contributed by atoms with E-state index in [0.717, 1.165) is 32.1 Å². The van der Waals surface area contributed by atoms with Crippen LogP contribution in [0, 0.1) is 5.41 Å². The van der Waals surface area contributed by atoms with Crippen molar-refractivity contribution >= 4 is 0 Å². The molecule has 12 heavy (non-hydrogen) atoms. The van der Waals surface area contributed by atoms with Crippen LogP contribution >= 0.6 is 0 Å². The lowest BCUT2D eigenvalue weighted by atomic mass is 9.70. The molecule has 2 nitrogen and oxygen atoms in total. The monoisotopic (exact) mass is 171 g/mol. The van der Waals surface area contributed by atoms with Crippen LogP contribution in [-0.4, -0.2) is 17.3 Å². The van der Waals surface area contributed by atoms with Gasteiger partial charge in [-0.25, -0.2) is 0 Å². The van der Waals surface area contributed by atoms with Crippen LogP contribution in [-0.2, 0) is 0 Å². The molecule has 0 aromatic rings. The smallest absolute Gasteiger partial charge is 0.0713 e. The highest BCUT2D eigenvalue weighted by atomic mass is 16.3. The molecule has 0 aromatic heterocycles. The lowest BCUT2D eigenvalue weighted by molar-refractivity contribution is -0.0680. The summed E-state index contributed by atoms with van der Waals surface area (Å²) in [5.74, 6) is 0. The molecule has 1 saturated carbocycles. The fourth-order valence-corrected chi connectivity index (χ4v) is 2.23. The van der Waals surface area contributed by atoms with Gasteiger partial charge in [-0.2, -0.15) is 0 Å². The van der Waals surface area contributed by atoms with E-state index in [0.29, 0.717) is 6.54 Å². The third kappa shape index (κ3) is 1.38. The van der Waals surface area contributed by atoms with Gasteiger partial charge in [-0.05, 0) is 19.3 Å². The van der Waals surface area contributed by atoms with E-state index in [1.54, 1.807) is 0 Å². The largest absolute Gasteiger partial charge is 0.389 e. The van der Waals surface area contributed by atoms with Crippen LogP contribution in [0.15, 0.2) is 0 Å². The molecule has 0 saturated heterocycles. The van der Waals surface area contributed by atoms with Gasteiger partial charge in [0.2, 0.25) is 0 Å². The first-order chi connectivity index (χ1) is 5.58. The van der Waals surface area contributed by atoms with Crippen LogP contribution in [0.2, 0.25) is 0 Å².